The summed E-state index contributed by atoms with van der Waals surface area (Å²) in [4.78, 5) is 10.9. The van der Waals surface area contributed by atoms with Crippen LogP contribution >= 0.6 is 0 Å². The van der Waals surface area contributed by atoms with E-state index in [9.17, 15) is 9.90 Å². The lowest BCUT2D eigenvalue weighted by molar-refractivity contribution is -0.145. The molecule has 2 aliphatic rings. The number of carbonyl (C=O) groups is 1. The largest absolute Gasteiger partial charge is 0.459 e. The first kappa shape index (κ1) is 6.16. The Labute approximate surface area is 59.0 Å². The van der Waals surface area contributed by atoms with Crippen molar-refractivity contribution in [3.8, 4) is 0 Å². The van der Waals surface area contributed by atoms with Gasteiger partial charge in [0.05, 0.1) is 12.0 Å². The molecule has 10 heavy (non-hydrogen) atoms. The average Bonchev–Trinajstić information content (AvgIpc) is 2.21. The van der Waals surface area contributed by atoms with E-state index in [1.54, 1.807) is 0 Å². The molecule has 2 unspecified atom stereocenters. The van der Waals surface area contributed by atoms with Crippen LogP contribution in [0.4, 0.5) is 0 Å². The number of aliphatic hydroxyl groups excluding tert-OH is 1. The van der Waals surface area contributed by atoms with E-state index in [1.165, 1.54) is 0 Å². The summed E-state index contributed by atoms with van der Waals surface area (Å²) >= 11 is 0. The van der Waals surface area contributed by atoms with Gasteiger partial charge < -0.3 is 9.84 Å². The monoisotopic (exact) mass is 142 g/mol. The van der Waals surface area contributed by atoms with E-state index in [2.05, 4.69) is 0 Å². The minimum Gasteiger partial charge on any atom is -0.459 e. The Morgan fingerprint density at radius 1 is 1.50 bits per heavy atom. The normalized spacial score (nSPS) is 45.3. The highest BCUT2D eigenvalue weighted by Gasteiger charge is 2.42. The number of rotatable bonds is 0. The van der Waals surface area contributed by atoms with E-state index >= 15 is 0 Å². The number of ether oxygens (including phenoxy) is 1. The lowest BCUT2D eigenvalue weighted by Crippen LogP contribution is -2.28. The number of hydrogen-bond donors (Lipinski definition) is 1. The number of fused-ring (bicyclic) bond motifs is 2. The van der Waals surface area contributed by atoms with E-state index < -0.39 is 6.10 Å². The summed E-state index contributed by atoms with van der Waals surface area (Å²) in [6, 6.07) is 0. The van der Waals surface area contributed by atoms with Gasteiger partial charge in [-0.1, -0.05) is 0 Å². The molecule has 0 aromatic carbocycles. The Balaban J connectivity index is 2.15. The highest BCUT2D eigenvalue weighted by atomic mass is 16.6. The van der Waals surface area contributed by atoms with Crippen LogP contribution in [0.1, 0.15) is 19.3 Å². The molecule has 0 aromatic heterocycles. The molecule has 1 aliphatic heterocycles. The highest BCUT2D eigenvalue weighted by molar-refractivity contribution is 5.75. The zero-order valence-corrected chi connectivity index (χ0v) is 5.62. The van der Waals surface area contributed by atoms with Crippen molar-refractivity contribution in [2.24, 2.45) is 5.92 Å². The first-order chi connectivity index (χ1) is 4.77. The van der Waals surface area contributed by atoms with Gasteiger partial charge in [-0.25, -0.2) is 0 Å². The smallest absolute Gasteiger partial charge is 0.309 e. The molecular weight excluding hydrogens is 132 g/mol. The van der Waals surface area contributed by atoms with Crippen LogP contribution in [0.2, 0.25) is 0 Å². The van der Waals surface area contributed by atoms with E-state index in [0.717, 1.165) is 19.3 Å². The molecule has 2 rings (SSSR count). The van der Waals surface area contributed by atoms with Gasteiger partial charge in [-0.2, -0.15) is 0 Å². The van der Waals surface area contributed by atoms with Crippen molar-refractivity contribution in [1.82, 2.24) is 0 Å². The average molecular weight is 142 g/mol. The van der Waals surface area contributed by atoms with Crippen molar-refractivity contribution in [1.29, 1.82) is 0 Å². The summed E-state index contributed by atoms with van der Waals surface area (Å²) in [6.07, 6.45) is 1.67. The molecule has 0 amide bonds. The van der Waals surface area contributed by atoms with E-state index in [0.29, 0.717) is 0 Å². The lowest BCUT2D eigenvalue weighted by Gasteiger charge is -2.19. The summed E-state index contributed by atoms with van der Waals surface area (Å²) in [5.74, 6) is -0.0186. The van der Waals surface area contributed by atoms with Gasteiger partial charge in [-0.3, -0.25) is 4.79 Å². The molecule has 0 spiro atoms. The molecule has 1 saturated heterocycles. The third-order valence-corrected chi connectivity index (χ3v) is 2.36. The lowest BCUT2D eigenvalue weighted by atomic mass is 9.88. The van der Waals surface area contributed by atoms with Crippen molar-refractivity contribution in [3.05, 3.63) is 0 Å². The van der Waals surface area contributed by atoms with E-state index in [4.69, 9.17) is 4.74 Å². The molecule has 0 aromatic rings. The van der Waals surface area contributed by atoms with Gasteiger partial charge in [-0.15, -0.1) is 0 Å². The van der Waals surface area contributed by atoms with Gasteiger partial charge in [0.15, 0.2) is 0 Å². The molecule has 1 heterocycles. The fourth-order valence-electron chi connectivity index (χ4n) is 1.70. The number of carbonyl (C=O) groups excluding carboxylic acids is 1. The Hall–Kier alpha value is -0.570. The third-order valence-electron chi connectivity index (χ3n) is 2.36. The maximum Gasteiger partial charge on any atom is 0.309 e. The second-order valence-corrected chi connectivity index (χ2v) is 3.05. The fourth-order valence-corrected chi connectivity index (χ4v) is 1.70. The van der Waals surface area contributed by atoms with Crippen molar-refractivity contribution < 1.29 is 14.6 Å². The van der Waals surface area contributed by atoms with Crippen LogP contribution in [0.3, 0.4) is 0 Å². The molecule has 56 valence electrons. The summed E-state index contributed by atoms with van der Waals surface area (Å²) in [7, 11) is 0. The maximum absolute atomic E-state index is 10.9. The molecule has 0 radical (unpaired) electrons. The number of hydrogen-bond acceptors (Lipinski definition) is 3. The second kappa shape index (κ2) is 1.95. The zero-order valence-electron chi connectivity index (χ0n) is 5.62. The molecule has 3 heteroatoms. The molecule has 3 nitrogen and oxygen atoms in total. The number of esters is 1. The van der Waals surface area contributed by atoms with Gasteiger partial charge in [-0.05, 0) is 12.8 Å². The van der Waals surface area contributed by atoms with Crippen molar-refractivity contribution in [2.45, 2.75) is 31.5 Å². The Morgan fingerprint density at radius 3 is 3.00 bits per heavy atom. The van der Waals surface area contributed by atoms with Gasteiger partial charge >= 0.3 is 5.97 Å². The molecule has 1 N–H and O–H groups in total. The molecule has 1 aliphatic carbocycles. The summed E-state index contributed by atoms with van der Waals surface area (Å²) in [5, 5.41) is 9.24. The Kier molecular flexibility index (Phi) is 1.20. The van der Waals surface area contributed by atoms with E-state index in [-0.39, 0.29) is 18.0 Å². The van der Waals surface area contributed by atoms with Crippen molar-refractivity contribution in [3.63, 3.8) is 0 Å². The molecule has 2 bridgehead atoms. The van der Waals surface area contributed by atoms with Gasteiger partial charge in [0.25, 0.3) is 0 Å². The number of aliphatic hydroxyl groups is 1. The predicted molar refractivity (Wildman–Crippen MR) is 33.2 cm³/mol. The van der Waals surface area contributed by atoms with Crippen LogP contribution in [0, 0.1) is 5.92 Å². The highest BCUT2D eigenvalue weighted by Crippen LogP contribution is 2.33. The topological polar surface area (TPSA) is 46.5 Å². The van der Waals surface area contributed by atoms with E-state index in [1.807, 2.05) is 0 Å². The Bertz CT molecular complexity index is 166. The molecular formula is C7H10O3. The molecule has 3 atom stereocenters. The van der Waals surface area contributed by atoms with Gasteiger partial charge in [0, 0.05) is 6.42 Å². The first-order valence-corrected chi connectivity index (χ1v) is 3.66. The minimum atomic E-state index is -0.400. The van der Waals surface area contributed by atoms with Crippen LogP contribution in [0.5, 0.6) is 0 Å². The van der Waals surface area contributed by atoms with Crippen molar-refractivity contribution >= 4 is 5.97 Å². The minimum absolute atomic E-state index is 0.0911. The first-order valence-electron chi connectivity index (χ1n) is 3.66. The summed E-state index contributed by atoms with van der Waals surface area (Å²) < 4.78 is 4.91. The quantitative estimate of drug-likeness (QED) is 0.487. The van der Waals surface area contributed by atoms with Crippen LogP contribution in [0.15, 0.2) is 0 Å². The van der Waals surface area contributed by atoms with Crippen molar-refractivity contribution in [2.75, 3.05) is 0 Å². The SMILES string of the molecule is O=C1O[C@@H]2CC1CCC2O. The van der Waals surface area contributed by atoms with Crippen LogP contribution < -0.4 is 0 Å². The van der Waals surface area contributed by atoms with Gasteiger partial charge in [0.1, 0.15) is 6.10 Å². The standard InChI is InChI=1S/C7H10O3/c8-5-2-1-4-3-6(5)10-7(4)9/h4-6,8H,1-3H2/t4?,5?,6-/m1/s1. The third kappa shape index (κ3) is 0.736. The summed E-state index contributed by atoms with van der Waals surface area (Å²) in [5.41, 5.74) is 0. The summed E-state index contributed by atoms with van der Waals surface area (Å²) in [6.45, 7) is 0. The molecule has 1 saturated carbocycles. The molecule has 2 fully saturated rings. The second-order valence-electron chi connectivity index (χ2n) is 3.05. The maximum atomic E-state index is 10.9. The van der Waals surface area contributed by atoms with Gasteiger partial charge in [0.2, 0.25) is 0 Å². The fraction of sp³-hybridized carbons (Fsp3) is 0.857. The Morgan fingerprint density at radius 2 is 2.30 bits per heavy atom. The van der Waals surface area contributed by atoms with Crippen LogP contribution in [-0.4, -0.2) is 23.3 Å². The predicted octanol–water partition coefficient (Wildman–Crippen LogP) is 0.0728. The van der Waals surface area contributed by atoms with Crippen LogP contribution in [-0.2, 0) is 9.53 Å². The zero-order chi connectivity index (χ0) is 7.14. The van der Waals surface area contributed by atoms with Crippen LogP contribution in [0.25, 0.3) is 0 Å².